The molecule has 1 unspecified atom stereocenters. The van der Waals surface area contributed by atoms with Crippen LogP contribution in [-0.4, -0.2) is 31.4 Å². The quantitative estimate of drug-likeness (QED) is 0.873. The minimum atomic E-state index is -3.32. The fraction of sp³-hybridized carbons (Fsp3) is 0.733. The maximum absolute atomic E-state index is 12.8. The highest BCUT2D eigenvalue weighted by atomic mass is 32.2. The molecule has 0 radical (unpaired) electrons. The molecule has 2 fully saturated rings. The lowest BCUT2D eigenvalue weighted by molar-refractivity contribution is 0.316. The maximum atomic E-state index is 12.8. The molecule has 118 valence electrons. The molecular formula is C15H24N2O2S2. The fourth-order valence-electron chi connectivity index (χ4n) is 2.99. The van der Waals surface area contributed by atoms with Crippen molar-refractivity contribution in [3.05, 3.63) is 16.3 Å². The first-order chi connectivity index (χ1) is 9.98. The minimum Gasteiger partial charge on any atom is -0.309 e. The Bertz CT molecular complexity index is 591. The first kappa shape index (κ1) is 15.5. The Kier molecular flexibility index (Phi) is 4.41. The highest BCUT2D eigenvalue weighted by Gasteiger charge is 2.37. The maximum Gasteiger partial charge on any atom is 0.244 e. The van der Waals surface area contributed by atoms with E-state index in [-0.39, 0.29) is 6.04 Å². The standard InChI is InChI=1S/C15H24N2O2S2/c1-11(2)15-4-3-7-17(15)21(18,19)14-8-13(20-10-14)9-16-12-5-6-12/h8,10-12,15-16H,3-7,9H2,1-2H3. The molecular weight excluding hydrogens is 304 g/mol. The van der Waals surface area contributed by atoms with E-state index >= 15 is 0 Å². The van der Waals surface area contributed by atoms with E-state index < -0.39 is 10.0 Å². The second-order valence-electron chi connectivity index (χ2n) is 6.47. The van der Waals surface area contributed by atoms with E-state index in [1.807, 2.05) is 6.07 Å². The van der Waals surface area contributed by atoms with Crippen molar-refractivity contribution in [1.82, 2.24) is 9.62 Å². The summed E-state index contributed by atoms with van der Waals surface area (Å²) in [5.74, 6) is 0.372. The van der Waals surface area contributed by atoms with E-state index in [0.717, 1.165) is 24.3 Å². The van der Waals surface area contributed by atoms with Gasteiger partial charge >= 0.3 is 0 Å². The molecule has 0 spiro atoms. The fourth-order valence-corrected chi connectivity index (χ4v) is 6.03. The number of hydrogen-bond donors (Lipinski definition) is 1. The van der Waals surface area contributed by atoms with E-state index in [2.05, 4.69) is 19.2 Å². The molecule has 1 N–H and O–H groups in total. The molecule has 3 rings (SSSR count). The molecule has 1 aromatic rings. The van der Waals surface area contributed by atoms with Crippen LogP contribution in [0.4, 0.5) is 0 Å². The third-order valence-electron chi connectivity index (χ3n) is 4.40. The molecule has 2 heterocycles. The van der Waals surface area contributed by atoms with Gasteiger partial charge in [0.25, 0.3) is 0 Å². The Morgan fingerprint density at radius 2 is 2.14 bits per heavy atom. The Balaban J connectivity index is 1.74. The van der Waals surface area contributed by atoms with Crippen molar-refractivity contribution in [3.63, 3.8) is 0 Å². The van der Waals surface area contributed by atoms with Crippen molar-refractivity contribution in [2.24, 2.45) is 5.92 Å². The lowest BCUT2D eigenvalue weighted by Gasteiger charge is -2.26. The molecule has 4 nitrogen and oxygen atoms in total. The van der Waals surface area contributed by atoms with Crippen LogP contribution >= 0.6 is 11.3 Å². The van der Waals surface area contributed by atoms with Gasteiger partial charge in [-0.3, -0.25) is 0 Å². The van der Waals surface area contributed by atoms with Gasteiger partial charge in [0.2, 0.25) is 10.0 Å². The largest absolute Gasteiger partial charge is 0.309 e. The molecule has 21 heavy (non-hydrogen) atoms. The van der Waals surface area contributed by atoms with Gasteiger partial charge in [0.15, 0.2) is 0 Å². The number of nitrogens with one attached hydrogen (secondary N) is 1. The summed E-state index contributed by atoms with van der Waals surface area (Å²) in [6.45, 7) is 5.67. The van der Waals surface area contributed by atoms with Crippen LogP contribution in [0.5, 0.6) is 0 Å². The molecule has 1 aromatic heterocycles. The predicted molar refractivity (Wildman–Crippen MR) is 85.9 cm³/mol. The SMILES string of the molecule is CC(C)C1CCCN1S(=O)(=O)c1csc(CNC2CC2)c1. The van der Waals surface area contributed by atoms with Gasteiger partial charge in [-0.2, -0.15) is 4.31 Å². The number of nitrogens with zero attached hydrogens (tertiary/aromatic N) is 1. The van der Waals surface area contributed by atoms with E-state index in [1.165, 1.54) is 12.8 Å². The summed E-state index contributed by atoms with van der Waals surface area (Å²) >= 11 is 1.55. The van der Waals surface area contributed by atoms with Crippen LogP contribution < -0.4 is 5.32 Å². The zero-order valence-corrected chi connectivity index (χ0v) is 14.3. The van der Waals surface area contributed by atoms with E-state index in [9.17, 15) is 8.42 Å². The summed E-state index contributed by atoms with van der Waals surface area (Å²) in [5, 5.41) is 5.24. The van der Waals surface area contributed by atoms with Crippen molar-refractivity contribution in [2.75, 3.05) is 6.54 Å². The van der Waals surface area contributed by atoms with Crippen LogP contribution in [-0.2, 0) is 16.6 Å². The summed E-state index contributed by atoms with van der Waals surface area (Å²) in [6, 6.07) is 2.66. The third-order valence-corrected chi connectivity index (χ3v) is 7.38. The van der Waals surface area contributed by atoms with Gasteiger partial charge in [-0.05, 0) is 37.7 Å². The molecule has 1 atom stereocenters. The van der Waals surface area contributed by atoms with Crippen molar-refractivity contribution >= 4 is 21.4 Å². The molecule has 1 saturated carbocycles. The average molecular weight is 329 g/mol. The molecule has 0 amide bonds. The minimum absolute atomic E-state index is 0.155. The number of rotatable bonds is 6. The Morgan fingerprint density at radius 1 is 1.38 bits per heavy atom. The van der Waals surface area contributed by atoms with Crippen LogP contribution in [0.2, 0.25) is 0 Å². The van der Waals surface area contributed by atoms with Gasteiger partial charge in [0.05, 0.1) is 4.90 Å². The molecule has 1 aliphatic heterocycles. The molecule has 1 saturated heterocycles. The molecule has 1 aliphatic carbocycles. The second kappa shape index (κ2) is 5.99. The summed E-state index contributed by atoms with van der Waals surface area (Å²) in [5.41, 5.74) is 0. The predicted octanol–water partition coefficient (Wildman–Crippen LogP) is 2.81. The van der Waals surface area contributed by atoms with Gasteiger partial charge in [0.1, 0.15) is 0 Å². The molecule has 6 heteroatoms. The molecule has 0 aromatic carbocycles. The van der Waals surface area contributed by atoms with E-state index in [1.54, 1.807) is 21.0 Å². The highest BCUT2D eigenvalue weighted by Crippen LogP contribution is 2.32. The smallest absolute Gasteiger partial charge is 0.244 e. The molecule has 0 bridgehead atoms. The van der Waals surface area contributed by atoms with E-state index in [4.69, 9.17) is 0 Å². The Labute approximate surface area is 131 Å². The van der Waals surface area contributed by atoms with Crippen LogP contribution in [0.25, 0.3) is 0 Å². The number of sulfonamides is 1. The monoisotopic (exact) mass is 328 g/mol. The zero-order chi connectivity index (χ0) is 15.0. The molecule has 2 aliphatic rings. The van der Waals surface area contributed by atoms with Crippen LogP contribution in [0, 0.1) is 5.92 Å². The van der Waals surface area contributed by atoms with E-state index in [0.29, 0.717) is 23.4 Å². The lowest BCUT2D eigenvalue weighted by atomic mass is 10.0. The van der Waals surface area contributed by atoms with Gasteiger partial charge in [-0.25, -0.2) is 8.42 Å². The summed E-state index contributed by atoms with van der Waals surface area (Å²) < 4.78 is 27.4. The van der Waals surface area contributed by atoms with Gasteiger partial charge in [-0.1, -0.05) is 13.8 Å². The van der Waals surface area contributed by atoms with Gasteiger partial charge < -0.3 is 5.32 Å². The van der Waals surface area contributed by atoms with Crippen LogP contribution in [0.3, 0.4) is 0 Å². The summed E-state index contributed by atoms with van der Waals surface area (Å²) in [6.07, 6.45) is 4.46. The average Bonchev–Trinajstić information content (AvgIpc) is 2.95. The highest BCUT2D eigenvalue weighted by molar-refractivity contribution is 7.89. The first-order valence-corrected chi connectivity index (χ1v) is 10.1. The first-order valence-electron chi connectivity index (χ1n) is 7.81. The third kappa shape index (κ3) is 3.33. The number of hydrogen-bond acceptors (Lipinski definition) is 4. The van der Waals surface area contributed by atoms with Gasteiger partial charge in [-0.15, -0.1) is 11.3 Å². The van der Waals surface area contributed by atoms with Crippen molar-refractivity contribution < 1.29 is 8.42 Å². The normalized spacial score (nSPS) is 24.0. The number of thiophene rings is 1. The zero-order valence-electron chi connectivity index (χ0n) is 12.7. The second-order valence-corrected chi connectivity index (χ2v) is 9.36. The van der Waals surface area contributed by atoms with Crippen molar-refractivity contribution in [2.45, 2.75) is 63.1 Å². The summed E-state index contributed by atoms with van der Waals surface area (Å²) in [4.78, 5) is 1.59. The lowest BCUT2D eigenvalue weighted by Crippen LogP contribution is -2.38. The van der Waals surface area contributed by atoms with Crippen molar-refractivity contribution in [3.8, 4) is 0 Å². The van der Waals surface area contributed by atoms with Crippen molar-refractivity contribution in [1.29, 1.82) is 0 Å². The summed E-state index contributed by atoms with van der Waals surface area (Å²) in [7, 11) is -3.32. The van der Waals surface area contributed by atoms with Gasteiger partial charge in [0, 0.05) is 35.4 Å². The van der Waals surface area contributed by atoms with Crippen LogP contribution in [0.15, 0.2) is 16.3 Å². The Hall–Kier alpha value is -0.430. The Morgan fingerprint density at radius 3 is 2.81 bits per heavy atom. The van der Waals surface area contributed by atoms with Crippen LogP contribution in [0.1, 0.15) is 44.4 Å². The topological polar surface area (TPSA) is 49.4 Å².